The zero-order valence-corrected chi connectivity index (χ0v) is 21.3. The van der Waals surface area contributed by atoms with Crippen LogP contribution >= 0.6 is 11.3 Å². The Morgan fingerprint density at radius 1 is 1.06 bits per heavy atom. The van der Waals surface area contributed by atoms with Gasteiger partial charge in [0.1, 0.15) is 5.69 Å². The van der Waals surface area contributed by atoms with Crippen molar-refractivity contribution in [1.82, 2.24) is 10.3 Å². The molecule has 1 N–H and O–H groups in total. The number of aromatic nitrogens is 1. The topological polar surface area (TPSA) is 45.2 Å². The lowest BCUT2D eigenvalue weighted by atomic mass is 9.88. The van der Waals surface area contributed by atoms with Gasteiger partial charge in [-0.25, -0.2) is 4.98 Å². The van der Waals surface area contributed by atoms with Gasteiger partial charge in [0.25, 0.3) is 5.91 Å². The van der Waals surface area contributed by atoms with E-state index in [1.807, 2.05) is 35.5 Å². The Hall–Kier alpha value is -1.92. The van der Waals surface area contributed by atoms with Crippen molar-refractivity contribution in [3.63, 3.8) is 0 Å². The number of likely N-dealkylation sites (tertiary alicyclic amines) is 1. The summed E-state index contributed by atoms with van der Waals surface area (Å²) in [4.78, 5) is 19.4. The lowest BCUT2D eigenvalue weighted by Gasteiger charge is -2.43. The molecule has 180 valence electrons. The molecule has 4 rings (SSSR count). The SMILES string of the molecule is CN(c1ccccc1)c1nc(C(=O)NCC2CCC[N+](C)(CC3CCCCCCC3)C2)cs1. The van der Waals surface area contributed by atoms with Gasteiger partial charge in [-0.2, -0.15) is 0 Å². The fourth-order valence-corrected chi connectivity index (χ4v) is 6.65. The highest BCUT2D eigenvalue weighted by molar-refractivity contribution is 7.14. The minimum Gasteiger partial charge on any atom is -0.350 e. The van der Waals surface area contributed by atoms with Crippen LogP contribution in [0.1, 0.15) is 68.3 Å². The number of nitrogens with zero attached hydrogens (tertiary/aromatic N) is 3. The van der Waals surface area contributed by atoms with Gasteiger partial charge in [0.15, 0.2) is 5.13 Å². The van der Waals surface area contributed by atoms with Crippen LogP contribution in [0.4, 0.5) is 10.8 Å². The number of para-hydroxylation sites is 1. The summed E-state index contributed by atoms with van der Waals surface area (Å²) in [5, 5.41) is 5.91. The number of nitrogens with one attached hydrogen (secondary N) is 1. The van der Waals surface area contributed by atoms with E-state index >= 15 is 0 Å². The van der Waals surface area contributed by atoms with Crippen molar-refractivity contribution < 1.29 is 9.28 Å². The third kappa shape index (κ3) is 6.80. The minimum absolute atomic E-state index is 0.0428. The molecule has 5 nitrogen and oxygen atoms in total. The number of piperidine rings is 1. The van der Waals surface area contributed by atoms with Gasteiger partial charge in [-0.3, -0.25) is 4.79 Å². The van der Waals surface area contributed by atoms with Crippen LogP contribution in [0, 0.1) is 11.8 Å². The minimum atomic E-state index is -0.0428. The van der Waals surface area contributed by atoms with E-state index in [1.165, 1.54) is 93.2 Å². The Bertz CT molecular complexity index is 877. The predicted octanol–water partition coefficient (Wildman–Crippen LogP) is 5.86. The normalized spacial score (nSPS) is 24.6. The summed E-state index contributed by atoms with van der Waals surface area (Å²) >= 11 is 1.52. The number of hydrogen-bond donors (Lipinski definition) is 1. The van der Waals surface area contributed by atoms with E-state index in [9.17, 15) is 4.79 Å². The van der Waals surface area contributed by atoms with E-state index in [2.05, 4.69) is 29.5 Å². The van der Waals surface area contributed by atoms with Crippen LogP contribution in [0.5, 0.6) is 0 Å². The summed E-state index contributed by atoms with van der Waals surface area (Å²) in [7, 11) is 4.45. The molecule has 1 aromatic carbocycles. The smallest absolute Gasteiger partial charge is 0.270 e. The number of hydrogen-bond acceptors (Lipinski definition) is 4. The Morgan fingerprint density at radius 3 is 2.52 bits per heavy atom. The van der Waals surface area contributed by atoms with Crippen LogP contribution in [0.3, 0.4) is 0 Å². The van der Waals surface area contributed by atoms with Gasteiger partial charge in [-0.05, 0) is 37.8 Å². The van der Waals surface area contributed by atoms with Gasteiger partial charge in [0.2, 0.25) is 0 Å². The summed E-state index contributed by atoms with van der Waals surface area (Å²) in [6.45, 7) is 4.57. The number of rotatable bonds is 7. The molecular formula is C27H41N4OS+. The van der Waals surface area contributed by atoms with Gasteiger partial charge < -0.3 is 14.7 Å². The Morgan fingerprint density at radius 2 is 1.76 bits per heavy atom. The number of benzene rings is 1. The van der Waals surface area contributed by atoms with E-state index in [1.54, 1.807) is 0 Å². The molecule has 1 aliphatic heterocycles. The molecule has 1 amide bonds. The molecule has 2 atom stereocenters. The van der Waals surface area contributed by atoms with Crippen molar-refractivity contribution in [1.29, 1.82) is 0 Å². The highest BCUT2D eigenvalue weighted by Gasteiger charge is 2.33. The molecule has 2 aliphatic rings. The van der Waals surface area contributed by atoms with Crippen LogP contribution in [0.15, 0.2) is 35.7 Å². The second-order valence-corrected chi connectivity index (χ2v) is 11.4. The maximum Gasteiger partial charge on any atom is 0.270 e. The van der Waals surface area contributed by atoms with E-state index in [-0.39, 0.29) is 5.91 Å². The maximum atomic E-state index is 12.8. The van der Waals surface area contributed by atoms with E-state index in [0.717, 1.165) is 23.3 Å². The molecule has 1 aliphatic carbocycles. The first-order chi connectivity index (χ1) is 16.0. The molecule has 1 aromatic heterocycles. The van der Waals surface area contributed by atoms with Crippen LogP contribution in [-0.2, 0) is 0 Å². The second-order valence-electron chi connectivity index (χ2n) is 10.5. The molecule has 0 spiro atoms. The van der Waals surface area contributed by atoms with Gasteiger partial charge >= 0.3 is 0 Å². The monoisotopic (exact) mass is 469 g/mol. The van der Waals surface area contributed by atoms with E-state index < -0.39 is 0 Å². The molecule has 6 heteroatoms. The second kappa shape index (κ2) is 11.5. The van der Waals surface area contributed by atoms with Crippen LogP contribution < -0.4 is 10.2 Å². The van der Waals surface area contributed by atoms with Gasteiger partial charge in [-0.15, -0.1) is 11.3 Å². The van der Waals surface area contributed by atoms with Gasteiger partial charge in [-0.1, -0.05) is 50.3 Å². The van der Waals surface area contributed by atoms with Crippen LogP contribution in [-0.4, -0.2) is 55.6 Å². The predicted molar refractivity (Wildman–Crippen MR) is 138 cm³/mol. The molecule has 0 bridgehead atoms. The molecular weight excluding hydrogens is 428 g/mol. The van der Waals surface area contributed by atoms with Crippen molar-refractivity contribution in [2.75, 3.05) is 45.2 Å². The van der Waals surface area contributed by atoms with Crippen molar-refractivity contribution in [3.8, 4) is 0 Å². The number of carbonyl (C=O) groups excluding carboxylic acids is 1. The number of thiazole rings is 1. The third-order valence-corrected chi connectivity index (χ3v) is 8.56. The Balaban J connectivity index is 1.28. The molecule has 2 unspecified atom stereocenters. The van der Waals surface area contributed by atoms with Crippen molar-refractivity contribution in [2.45, 2.75) is 57.8 Å². The van der Waals surface area contributed by atoms with Gasteiger partial charge in [0.05, 0.1) is 26.7 Å². The quantitative estimate of drug-likeness (QED) is 0.517. The molecule has 0 radical (unpaired) electrons. The van der Waals surface area contributed by atoms with E-state index in [0.29, 0.717) is 11.6 Å². The largest absolute Gasteiger partial charge is 0.350 e. The van der Waals surface area contributed by atoms with Crippen molar-refractivity contribution in [3.05, 3.63) is 41.4 Å². The Labute approximate surface area is 203 Å². The number of carbonyl (C=O) groups is 1. The first kappa shape index (κ1) is 24.2. The summed E-state index contributed by atoms with van der Waals surface area (Å²) in [6, 6.07) is 10.1. The lowest BCUT2D eigenvalue weighted by molar-refractivity contribution is -0.920. The third-order valence-electron chi connectivity index (χ3n) is 7.64. The first-order valence-electron chi connectivity index (χ1n) is 12.9. The molecule has 2 aromatic rings. The molecule has 1 saturated heterocycles. The molecule has 33 heavy (non-hydrogen) atoms. The van der Waals surface area contributed by atoms with E-state index in [4.69, 9.17) is 0 Å². The lowest BCUT2D eigenvalue weighted by Crippen LogP contribution is -2.55. The number of anilines is 2. The highest BCUT2D eigenvalue weighted by Crippen LogP contribution is 2.29. The van der Waals surface area contributed by atoms with Crippen molar-refractivity contribution in [2.24, 2.45) is 11.8 Å². The van der Waals surface area contributed by atoms with Gasteiger partial charge in [0, 0.05) is 36.5 Å². The average molecular weight is 470 g/mol. The highest BCUT2D eigenvalue weighted by atomic mass is 32.1. The zero-order chi connectivity index (χ0) is 23.1. The average Bonchev–Trinajstić information content (AvgIpc) is 3.30. The summed E-state index contributed by atoms with van der Waals surface area (Å²) in [5.74, 6) is 1.41. The summed E-state index contributed by atoms with van der Waals surface area (Å²) in [6.07, 6.45) is 12.4. The Kier molecular flexibility index (Phi) is 8.42. The zero-order valence-electron chi connectivity index (χ0n) is 20.5. The number of amides is 1. The molecule has 1 saturated carbocycles. The summed E-state index contributed by atoms with van der Waals surface area (Å²) < 4.78 is 1.19. The fraction of sp³-hybridized carbons (Fsp3) is 0.630. The van der Waals surface area contributed by atoms with Crippen LogP contribution in [0.2, 0.25) is 0 Å². The standard InChI is InChI=1S/C27H40N4OS/c1-30(24-15-9-6-10-16-24)27-29-25(21-33-27)26(32)28-18-23-14-11-17-31(2,20-23)19-22-12-7-4-3-5-8-13-22/h6,9-10,15-16,21-23H,3-5,7-8,11-14,17-20H2,1-2H3/p+1. The number of quaternary nitrogens is 1. The maximum absolute atomic E-state index is 12.8. The summed E-state index contributed by atoms with van der Waals surface area (Å²) in [5.41, 5.74) is 1.60. The van der Waals surface area contributed by atoms with Crippen molar-refractivity contribution >= 4 is 28.1 Å². The molecule has 2 heterocycles. The first-order valence-corrected chi connectivity index (χ1v) is 13.8. The fourth-order valence-electron chi connectivity index (χ4n) is 5.86. The molecule has 2 fully saturated rings. The van der Waals surface area contributed by atoms with Crippen LogP contribution in [0.25, 0.3) is 0 Å².